The molecular formula is C15H19FN2O. The average Bonchev–Trinajstić information content (AvgIpc) is 2.43. The zero-order chi connectivity index (χ0) is 13.7. The van der Waals surface area contributed by atoms with Crippen molar-refractivity contribution in [3.05, 3.63) is 35.1 Å². The summed E-state index contributed by atoms with van der Waals surface area (Å²) < 4.78 is 13.1. The fourth-order valence-electron chi connectivity index (χ4n) is 2.75. The van der Waals surface area contributed by atoms with Crippen molar-refractivity contribution in [2.75, 3.05) is 13.2 Å². The number of nitriles is 1. The van der Waals surface area contributed by atoms with Crippen molar-refractivity contribution in [2.24, 2.45) is 0 Å². The summed E-state index contributed by atoms with van der Waals surface area (Å²) in [4.78, 5) is 2.30. The van der Waals surface area contributed by atoms with Gasteiger partial charge in [-0.2, -0.15) is 5.26 Å². The molecule has 2 rings (SSSR count). The number of halogens is 1. The van der Waals surface area contributed by atoms with Crippen LogP contribution in [0.3, 0.4) is 0 Å². The summed E-state index contributed by atoms with van der Waals surface area (Å²) >= 11 is 0. The van der Waals surface area contributed by atoms with Gasteiger partial charge in [0.25, 0.3) is 0 Å². The molecule has 0 aromatic heterocycles. The molecule has 0 bridgehead atoms. The summed E-state index contributed by atoms with van der Waals surface area (Å²) in [6.07, 6.45) is 4.19. The van der Waals surface area contributed by atoms with E-state index in [2.05, 4.69) is 11.0 Å². The van der Waals surface area contributed by atoms with E-state index in [9.17, 15) is 4.39 Å². The minimum absolute atomic E-state index is 0.190. The molecule has 1 aliphatic heterocycles. The Morgan fingerprint density at radius 3 is 3.00 bits per heavy atom. The molecule has 1 heterocycles. The van der Waals surface area contributed by atoms with Crippen LogP contribution in [0.5, 0.6) is 0 Å². The van der Waals surface area contributed by atoms with Crippen LogP contribution < -0.4 is 0 Å². The first-order chi connectivity index (χ1) is 9.24. The highest BCUT2D eigenvalue weighted by atomic mass is 19.1. The Morgan fingerprint density at radius 1 is 1.42 bits per heavy atom. The van der Waals surface area contributed by atoms with Gasteiger partial charge in [0, 0.05) is 19.2 Å². The van der Waals surface area contributed by atoms with Crippen molar-refractivity contribution in [1.82, 2.24) is 4.90 Å². The van der Waals surface area contributed by atoms with Crippen molar-refractivity contribution in [1.29, 1.82) is 5.26 Å². The lowest BCUT2D eigenvalue weighted by molar-refractivity contribution is 0.112. The smallest absolute Gasteiger partial charge is 0.124 e. The number of piperidine rings is 1. The molecular weight excluding hydrogens is 243 g/mol. The van der Waals surface area contributed by atoms with E-state index in [0.717, 1.165) is 31.4 Å². The van der Waals surface area contributed by atoms with Crippen molar-refractivity contribution in [3.63, 3.8) is 0 Å². The Bertz CT molecular complexity index is 468. The van der Waals surface area contributed by atoms with E-state index in [1.807, 2.05) is 0 Å². The predicted molar refractivity (Wildman–Crippen MR) is 70.9 cm³/mol. The number of hydrogen-bond donors (Lipinski definition) is 1. The van der Waals surface area contributed by atoms with Crippen LogP contribution in [0.1, 0.15) is 36.8 Å². The molecule has 0 radical (unpaired) electrons. The van der Waals surface area contributed by atoms with Gasteiger partial charge in [0.15, 0.2) is 0 Å². The van der Waals surface area contributed by atoms with Crippen molar-refractivity contribution in [2.45, 2.75) is 38.3 Å². The van der Waals surface area contributed by atoms with Gasteiger partial charge in [-0.3, -0.25) is 4.90 Å². The minimum atomic E-state index is -0.370. The summed E-state index contributed by atoms with van der Waals surface area (Å²) in [5, 5.41) is 18.2. The predicted octanol–water partition coefficient (Wildman–Crippen LogP) is 2.43. The fourth-order valence-corrected chi connectivity index (χ4v) is 2.75. The van der Waals surface area contributed by atoms with Gasteiger partial charge in [0.2, 0.25) is 0 Å². The number of benzene rings is 1. The standard InChI is InChI=1S/C15H19FN2O/c16-14-5-4-12(13(9-14)10-17)11-18-7-2-1-3-15(18)6-8-19/h4-5,9,15,19H,1-3,6-8,11H2. The lowest BCUT2D eigenvalue weighted by atomic mass is 9.98. The van der Waals surface area contributed by atoms with Gasteiger partial charge in [0.05, 0.1) is 11.6 Å². The first-order valence-corrected chi connectivity index (χ1v) is 6.78. The van der Waals surface area contributed by atoms with Crippen LogP contribution in [-0.2, 0) is 6.54 Å². The van der Waals surface area contributed by atoms with E-state index in [1.54, 1.807) is 6.07 Å². The molecule has 4 heteroatoms. The van der Waals surface area contributed by atoms with Crippen molar-refractivity contribution < 1.29 is 9.50 Å². The number of likely N-dealkylation sites (tertiary alicyclic amines) is 1. The molecule has 1 fully saturated rings. The van der Waals surface area contributed by atoms with Crippen LogP contribution in [-0.4, -0.2) is 29.2 Å². The van der Waals surface area contributed by atoms with Gasteiger partial charge in [-0.15, -0.1) is 0 Å². The monoisotopic (exact) mass is 262 g/mol. The third-order valence-corrected chi connectivity index (χ3v) is 3.78. The second-order valence-corrected chi connectivity index (χ2v) is 5.05. The van der Waals surface area contributed by atoms with E-state index < -0.39 is 0 Å². The van der Waals surface area contributed by atoms with Crippen molar-refractivity contribution >= 4 is 0 Å². The lowest BCUT2D eigenvalue weighted by Gasteiger charge is -2.35. The molecule has 1 N–H and O–H groups in total. The topological polar surface area (TPSA) is 47.3 Å². The number of nitrogens with zero attached hydrogens (tertiary/aromatic N) is 2. The zero-order valence-electron chi connectivity index (χ0n) is 11.0. The van der Waals surface area contributed by atoms with Crippen LogP contribution in [0, 0.1) is 17.1 Å². The summed E-state index contributed by atoms with van der Waals surface area (Å²) in [7, 11) is 0. The Hall–Kier alpha value is -1.44. The quantitative estimate of drug-likeness (QED) is 0.906. The van der Waals surface area contributed by atoms with Crippen LogP contribution in [0.2, 0.25) is 0 Å². The first kappa shape index (κ1) is 14.0. The van der Waals surface area contributed by atoms with Crippen LogP contribution in [0.15, 0.2) is 18.2 Å². The number of aliphatic hydroxyl groups excluding tert-OH is 1. The summed E-state index contributed by atoms with van der Waals surface area (Å²) in [6.45, 7) is 1.83. The second-order valence-electron chi connectivity index (χ2n) is 5.05. The fraction of sp³-hybridized carbons (Fsp3) is 0.533. The molecule has 1 saturated heterocycles. The highest BCUT2D eigenvalue weighted by molar-refractivity contribution is 5.37. The highest BCUT2D eigenvalue weighted by Crippen LogP contribution is 2.23. The van der Waals surface area contributed by atoms with Gasteiger partial charge >= 0.3 is 0 Å². The first-order valence-electron chi connectivity index (χ1n) is 6.78. The van der Waals surface area contributed by atoms with E-state index in [0.29, 0.717) is 18.2 Å². The maximum atomic E-state index is 13.1. The third kappa shape index (κ3) is 3.52. The van der Waals surface area contributed by atoms with E-state index >= 15 is 0 Å². The number of aliphatic hydroxyl groups is 1. The van der Waals surface area contributed by atoms with Crippen LogP contribution >= 0.6 is 0 Å². The molecule has 1 unspecified atom stereocenters. The molecule has 3 nitrogen and oxygen atoms in total. The molecule has 19 heavy (non-hydrogen) atoms. The highest BCUT2D eigenvalue weighted by Gasteiger charge is 2.22. The molecule has 1 aliphatic rings. The molecule has 1 aromatic carbocycles. The molecule has 0 spiro atoms. The van der Waals surface area contributed by atoms with E-state index in [1.165, 1.54) is 18.6 Å². The summed E-state index contributed by atoms with van der Waals surface area (Å²) in [5.41, 5.74) is 1.28. The summed E-state index contributed by atoms with van der Waals surface area (Å²) in [5.74, 6) is -0.370. The Labute approximate surface area is 113 Å². The van der Waals surface area contributed by atoms with Crippen LogP contribution in [0.4, 0.5) is 4.39 Å². The molecule has 0 amide bonds. The van der Waals surface area contributed by atoms with Gasteiger partial charge in [-0.05, 0) is 43.5 Å². The normalized spacial score (nSPS) is 20.2. The largest absolute Gasteiger partial charge is 0.396 e. The van der Waals surface area contributed by atoms with Crippen LogP contribution in [0.25, 0.3) is 0 Å². The van der Waals surface area contributed by atoms with E-state index in [4.69, 9.17) is 10.4 Å². The number of hydrogen-bond acceptors (Lipinski definition) is 3. The van der Waals surface area contributed by atoms with Gasteiger partial charge in [-0.1, -0.05) is 12.5 Å². The zero-order valence-corrected chi connectivity index (χ0v) is 11.0. The molecule has 1 atom stereocenters. The molecule has 0 aliphatic carbocycles. The third-order valence-electron chi connectivity index (χ3n) is 3.78. The molecule has 102 valence electrons. The second kappa shape index (κ2) is 6.65. The average molecular weight is 262 g/mol. The SMILES string of the molecule is N#Cc1cc(F)ccc1CN1CCCCC1CCO. The van der Waals surface area contributed by atoms with Crippen molar-refractivity contribution in [3.8, 4) is 6.07 Å². The summed E-state index contributed by atoms with van der Waals surface area (Å²) in [6, 6.07) is 6.82. The molecule has 0 saturated carbocycles. The Balaban J connectivity index is 2.12. The molecule has 1 aromatic rings. The maximum absolute atomic E-state index is 13.1. The Kier molecular flexibility index (Phi) is 4.89. The van der Waals surface area contributed by atoms with Gasteiger partial charge < -0.3 is 5.11 Å². The minimum Gasteiger partial charge on any atom is -0.396 e. The lowest BCUT2D eigenvalue weighted by Crippen LogP contribution is -2.39. The van der Waals surface area contributed by atoms with Gasteiger partial charge in [0.1, 0.15) is 5.82 Å². The maximum Gasteiger partial charge on any atom is 0.124 e. The number of rotatable bonds is 4. The van der Waals surface area contributed by atoms with Gasteiger partial charge in [-0.25, -0.2) is 4.39 Å². The Morgan fingerprint density at radius 2 is 2.26 bits per heavy atom. The van der Waals surface area contributed by atoms with E-state index in [-0.39, 0.29) is 12.4 Å².